The standard InChI is InChI=1S/C42H80O14/c1-3-5-7-9-11-13-14-15-16-17-19-21-23-25-34(44)54-31(28-51-26-24-22-20-18-12-10-8-6-4-2)29-52-41-40(50)38(48)36(46)33(56-41)30-53-42-39(49)37(47)35(45)32(27-43)55-42/h31-33,35-43,45-50H,3-30H2,1-2H3. The Labute approximate surface area is 336 Å². The molecule has 0 spiro atoms. The lowest BCUT2D eigenvalue weighted by Gasteiger charge is -2.42. The van der Waals surface area contributed by atoms with E-state index in [1.165, 1.54) is 96.3 Å². The fourth-order valence-electron chi connectivity index (χ4n) is 7.17. The lowest BCUT2D eigenvalue weighted by molar-refractivity contribution is -0.332. The van der Waals surface area contributed by atoms with Gasteiger partial charge in [0.05, 0.1) is 26.4 Å². The topological polar surface area (TPSA) is 214 Å². The summed E-state index contributed by atoms with van der Waals surface area (Å²) in [7, 11) is 0. The molecule has 0 radical (unpaired) electrons. The Kier molecular flexibility index (Phi) is 29.1. The van der Waals surface area contributed by atoms with Crippen molar-refractivity contribution in [2.45, 2.75) is 229 Å². The summed E-state index contributed by atoms with van der Waals surface area (Å²) in [5.74, 6) is -0.375. The van der Waals surface area contributed by atoms with Crippen LogP contribution in [0.1, 0.15) is 162 Å². The van der Waals surface area contributed by atoms with Gasteiger partial charge in [0.25, 0.3) is 0 Å². The van der Waals surface area contributed by atoms with E-state index in [1.54, 1.807) is 0 Å². The molecule has 2 aliphatic heterocycles. The Morgan fingerprint density at radius 1 is 0.518 bits per heavy atom. The Morgan fingerprint density at radius 2 is 0.946 bits per heavy atom. The minimum atomic E-state index is -1.70. The van der Waals surface area contributed by atoms with E-state index in [0.717, 1.165) is 38.5 Å². The number of hydrogen-bond acceptors (Lipinski definition) is 14. The lowest BCUT2D eigenvalue weighted by atomic mass is 9.98. The number of aliphatic hydroxyl groups is 7. The molecule has 0 aliphatic carbocycles. The van der Waals surface area contributed by atoms with Gasteiger partial charge in [-0.15, -0.1) is 0 Å². The van der Waals surface area contributed by atoms with E-state index in [-0.39, 0.29) is 25.6 Å². The second-order valence-electron chi connectivity index (χ2n) is 15.9. The van der Waals surface area contributed by atoms with Crippen LogP contribution >= 0.6 is 0 Å². The van der Waals surface area contributed by atoms with Crippen molar-refractivity contribution in [2.24, 2.45) is 0 Å². The van der Waals surface area contributed by atoms with Crippen LogP contribution in [0.25, 0.3) is 0 Å². The smallest absolute Gasteiger partial charge is 0.306 e. The van der Waals surface area contributed by atoms with Gasteiger partial charge in [0, 0.05) is 13.0 Å². The van der Waals surface area contributed by atoms with Gasteiger partial charge >= 0.3 is 5.97 Å². The summed E-state index contributed by atoms with van der Waals surface area (Å²) < 4.78 is 34.1. The monoisotopic (exact) mass is 809 g/mol. The number of ether oxygens (including phenoxy) is 6. The van der Waals surface area contributed by atoms with E-state index < -0.39 is 80.7 Å². The van der Waals surface area contributed by atoms with E-state index in [0.29, 0.717) is 13.0 Å². The minimum Gasteiger partial charge on any atom is -0.457 e. The molecule has 14 heteroatoms. The molecule has 332 valence electrons. The largest absolute Gasteiger partial charge is 0.457 e. The van der Waals surface area contributed by atoms with Crippen molar-refractivity contribution in [3.8, 4) is 0 Å². The van der Waals surface area contributed by atoms with Crippen LogP contribution in [-0.2, 0) is 33.2 Å². The average molecular weight is 809 g/mol. The highest BCUT2D eigenvalue weighted by molar-refractivity contribution is 5.69. The van der Waals surface area contributed by atoms with Crippen LogP contribution in [0.15, 0.2) is 0 Å². The highest BCUT2D eigenvalue weighted by Crippen LogP contribution is 2.26. The predicted molar refractivity (Wildman–Crippen MR) is 211 cm³/mol. The molecule has 0 amide bonds. The summed E-state index contributed by atoms with van der Waals surface area (Å²) in [4.78, 5) is 12.9. The summed E-state index contributed by atoms with van der Waals surface area (Å²) in [6.45, 7) is 3.67. The van der Waals surface area contributed by atoms with Crippen molar-refractivity contribution in [2.75, 3.05) is 33.0 Å². The fourth-order valence-corrected chi connectivity index (χ4v) is 7.17. The van der Waals surface area contributed by atoms with Crippen LogP contribution in [-0.4, -0.2) is 142 Å². The molecule has 0 aromatic carbocycles. The molecule has 14 nitrogen and oxygen atoms in total. The number of unbranched alkanes of at least 4 members (excludes halogenated alkanes) is 20. The Bertz CT molecular complexity index is 943. The van der Waals surface area contributed by atoms with E-state index in [9.17, 15) is 40.5 Å². The SMILES string of the molecule is CCCCCCCCCCCCCCCC(=O)OC(COCCCCCCCCCCC)COC1OC(COC2OC(CO)C(O)C(O)C2O)C(O)C(O)C1O. The number of hydrogen-bond donors (Lipinski definition) is 7. The molecule has 0 aromatic rings. The molecule has 2 aliphatic rings. The zero-order valence-electron chi connectivity index (χ0n) is 34.6. The van der Waals surface area contributed by atoms with Crippen molar-refractivity contribution >= 4 is 5.97 Å². The second-order valence-corrected chi connectivity index (χ2v) is 15.9. The van der Waals surface area contributed by atoms with Gasteiger partial charge in [0.2, 0.25) is 0 Å². The normalized spacial score (nSPS) is 28.7. The van der Waals surface area contributed by atoms with E-state index >= 15 is 0 Å². The van der Waals surface area contributed by atoms with Gasteiger partial charge in [-0.3, -0.25) is 4.79 Å². The fraction of sp³-hybridized carbons (Fsp3) is 0.976. The highest BCUT2D eigenvalue weighted by Gasteiger charge is 2.47. The van der Waals surface area contributed by atoms with Gasteiger partial charge in [-0.05, 0) is 12.8 Å². The van der Waals surface area contributed by atoms with Crippen molar-refractivity contribution < 1.29 is 69.0 Å². The van der Waals surface area contributed by atoms with Crippen LogP contribution in [0, 0.1) is 0 Å². The Morgan fingerprint density at radius 3 is 1.45 bits per heavy atom. The molecule has 0 bridgehead atoms. The van der Waals surface area contributed by atoms with Crippen molar-refractivity contribution in [1.82, 2.24) is 0 Å². The van der Waals surface area contributed by atoms with Crippen LogP contribution in [0.5, 0.6) is 0 Å². The summed E-state index contributed by atoms with van der Waals surface area (Å²) >= 11 is 0. The summed E-state index contributed by atoms with van der Waals surface area (Å²) in [5, 5.41) is 71.7. The maximum atomic E-state index is 12.9. The number of aliphatic hydroxyl groups excluding tert-OH is 7. The molecule has 2 rings (SSSR count). The zero-order chi connectivity index (χ0) is 41.0. The highest BCUT2D eigenvalue weighted by atomic mass is 16.7. The number of esters is 1. The van der Waals surface area contributed by atoms with Crippen LogP contribution in [0.4, 0.5) is 0 Å². The first-order valence-electron chi connectivity index (χ1n) is 22.1. The van der Waals surface area contributed by atoms with Crippen LogP contribution in [0.3, 0.4) is 0 Å². The number of carbonyl (C=O) groups excluding carboxylic acids is 1. The molecule has 0 saturated carbocycles. The Balaban J connectivity index is 1.82. The van der Waals surface area contributed by atoms with Crippen molar-refractivity contribution in [3.63, 3.8) is 0 Å². The second kappa shape index (κ2) is 31.9. The molecule has 7 N–H and O–H groups in total. The first-order chi connectivity index (χ1) is 27.1. The van der Waals surface area contributed by atoms with Gasteiger partial charge in [-0.2, -0.15) is 0 Å². The van der Waals surface area contributed by atoms with E-state index in [1.807, 2.05) is 0 Å². The first kappa shape index (κ1) is 51.1. The maximum Gasteiger partial charge on any atom is 0.306 e. The molecule has 11 atom stereocenters. The van der Waals surface area contributed by atoms with Gasteiger partial charge < -0.3 is 64.2 Å². The molecule has 0 aromatic heterocycles. The predicted octanol–water partition coefficient (Wildman–Crippen LogP) is 4.57. The summed E-state index contributed by atoms with van der Waals surface area (Å²) in [6, 6.07) is 0. The molecule has 2 saturated heterocycles. The van der Waals surface area contributed by atoms with Gasteiger partial charge in [-0.25, -0.2) is 0 Å². The summed E-state index contributed by atoms with van der Waals surface area (Å²) in [6.07, 6.45) is 10.4. The molecule has 11 unspecified atom stereocenters. The van der Waals surface area contributed by atoms with Crippen LogP contribution in [0.2, 0.25) is 0 Å². The van der Waals surface area contributed by atoms with E-state index in [4.69, 9.17) is 28.4 Å². The van der Waals surface area contributed by atoms with Gasteiger partial charge in [0.1, 0.15) is 54.9 Å². The third kappa shape index (κ3) is 20.8. The van der Waals surface area contributed by atoms with E-state index in [2.05, 4.69) is 13.8 Å². The molecule has 2 fully saturated rings. The zero-order valence-corrected chi connectivity index (χ0v) is 34.6. The average Bonchev–Trinajstić information content (AvgIpc) is 3.19. The minimum absolute atomic E-state index is 0.0685. The Hall–Kier alpha value is -1.01. The van der Waals surface area contributed by atoms with Crippen molar-refractivity contribution in [3.05, 3.63) is 0 Å². The first-order valence-corrected chi connectivity index (χ1v) is 22.1. The lowest BCUT2D eigenvalue weighted by Crippen LogP contribution is -2.61. The number of rotatable bonds is 34. The van der Waals surface area contributed by atoms with Gasteiger partial charge in [-0.1, -0.05) is 142 Å². The molecule has 56 heavy (non-hydrogen) atoms. The maximum absolute atomic E-state index is 12.9. The van der Waals surface area contributed by atoms with Gasteiger partial charge in [0.15, 0.2) is 12.6 Å². The quantitative estimate of drug-likeness (QED) is 0.0351. The summed E-state index contributed by atoms with van der Waals surface area (Å²) in [5.41, 5.74) is 0. The molecular formula is C42H80O14. The van der Waals surface area contributed by atoms with Crippen LogP contribution < -0.4 is 0 Å². The molecular weight excluding hydrogens is 728 g/mol. The van der Waals surface area contributed by atoms with Crippen molar-refractivity contribution in [1.29, 1.82) is 0 Å². The third-order valence-corrected chi connectivity index (χ3v) is 10.9. The number of carbonyl (C=O) groups is 1. The third-order valence-electron chi connectivity index (χ3n) is 10.9. The molecule has 2 heterocycles.